The number of hydrogen-bond acceptors (Lipinski definition) is 8. The van der Waals surface area contributed by atoms with Gasteiger partial charge in [-0.15, -0.1) is 0 Å². The number of rotatable bonds is 6. The van der Waals surface area contributed by atoms with Crippen molar-refractivity contribution in [2.75, 3.05) is 41.7 Å². The van der Waals surface area contributed by atoms with Crippen LogP contribution in [0.4, 0.5) is 0 Å². The van der Waals surface area contributed by atoms with Crippen molar-refractivity contribution in [3.05, 3.63) is 41.0 Å². The number of ether oxygens (including phenoxy) is 5. The van der Waals surface area contributed by atoms with Gasteiger partial charge in [-0.3, -0.25) is 4.90 Å². The van der Waals surface area contributed by atoms with Crippen LogP contribution in [0.5, 0.6) is 28.7 Å². The molecule has 1 atom stereocenters. The van der Waals surface area contributed by atoms with Crippen LogP contribution in [0, 0.1) is 0 Å². The van der Waals surface area contributed by atoms with Gasteiger partial charge >= 0.3 is 0 Å². The lowest BCUT2D eigenvalue weighted by Crippen LogP contribution is -2.34. The van der Waals surface area contributed by atoms with Crippen LogP contribution in [0.15, 0.2) is 29.4 Å². The summed E-state index contributed by atoms with van der Waals surface area (Å²) in [6.07, 6.45) is 1.31. The predicted octanol–water partition coefficient (Wildman–Crippen LogP) is 3.24. The quantitative estimate of drug-likeness (QED) is 0.441. The first-order valence-corrected chi connectivity index (χ1v) is 9.74. The van der Waals surface area contributed by atoms with Crippen LogP contribution >= 0.6 is 0 Å². The summed E-state index contributed by atoms with van der Waals surface area (Å²) in [5.74, 6) is 3.27. The standard InChI is InChI=1S/C22H26N2O6/c1-24-8-7-13-9-19-21(30-12-29-19)22(28-4)20(13)17(24)11-16(23-25)15-10-14(26-2)5-6-18(15)27-3/h5-6,9-10,17,25H,7-8,11-12H2,1-4H3/b23-16+/t17-/m0/s1. The van der Waals surface area contributed by atoms with Gasteiger partial charge in [0.15, 0.2) is 11.5 Å². The highest BCUT2D eigenvalue weighted by molar-refractivity contribution is 6.03. The molecule has 0 radical (unpaired) electrons. The van der Waals surface area contributed by atoms with E-state index in [0.717, 1.165) is 24.1 Å². The van der Waals surface area contributed by atoms with Gasteiger partial charge in [0.05, 0.1) is 27.0 Å². The Balaban J connectivity index is 1.77. The molecule has 2 aliphatic heterocycles. The van der Waals surface area contributed by atoms with Crippen LogP contribution in [0.2, 0.25) is 0 Å². The van der Waals surface area contributed by atoms with Gasteiger partial charge in [0.1, 0.15) is 11.5 Å². The van der Waals surface area contributed by atoms with Gasteiger partial charge < -0.3 is 28.9 Å². The minimum Gasteiger partial charge on any atom is -0.497 e. The van der Waals surface area contributed by atoms with E-state index in [1.807, 2.05) is 18.2 Å². The molecule has 2 aromatic rings. The molecule has 0 spiro atoms. The van der Waals surface area contributed by atoms with Crippen molar-refractivity contribution in [1.29, 1.82) is 0 Å². The Morgan fingerprint density at radius 3 is 2.70 bits per heavy atom. The summed E-state index contributed by atoms with van der Waals surface area (Å²) in [7, 11) is 6.87. The van der Waals surface area contributed by atoms with Crippen LogP contribution in [-0.2, 0) is 6.42 Å². The zero-order valence-electron chi connectivity index (χ0n) is 17.6. The molecular weight excluding hydrogens is 388 g/mol. The third-order valence-corrected chi connectivity index (χ3v) is 5.77. The molecular formula is C22H26N2O6. The SMILES string of the molecule is COc1ccc(OC)c(/C(C[C@H]2c3c(cc4c(c3OC)OCO4)CCN2C)=N/O)c1. The zero-order valence-corrected chi connectivity index (χ0v) is 17.6. The molecule has 0 amide bonds. The Labute approximate surface area is 175 Å². The fourth-order valence-electron chi connectivity index (χ4n) is 4.21. The second-order valence-corrected chi connectivity index (χ2v) is 7.28. The van der Waals surface area contributed by atoms with E-state index >= 15 is 0 Å². The van der Waals surface area contributed by atoms with E-state index in [0.29, 0.717) is 46.4 Å². The van der Waals surface area contributed by atoms with Crippen molar-refractivity contribution in [1.82, 2.24) is 4.90 Å². The summed E-state index contributed by atoms with van der Waals surface area (Å²) in [6.45, 7) is 1.04. The molecule has 0 bridgehead atoms. The summed E-state index contributed by atoms with van der Waals surface area (Å²) in [5, 5.41) is 13.5. The molecule has 0 aromatic heterocycles. The molecule has 8 nitrogen and oxygen atoms in total. The van der Waals surface area contributed by atoms with E-state index in [1.54, 1.807) is 27.4 Å². The number of nitrogens with zero attached hydrogens (tertiary/aromatic N) is 2. The maximum absolute atomic E-state index is 9.91. The first-order chi connectivity index (χ1) is 14.6. The number of methoxy groups -OCH3 is 3. The maximum Gasteiger partial charge on any atom is 0.231 e. The highest BCUT2D eigenvalue weighted by atomic mass is 16.7. The Hall–Kier alpha value is -3.13. The average molecular weight is 414 g/mol. The lowest BCUT2D eigenvalue weighted by Gasteiger charge is -2.36. The smallest absolute Gasteiger partial charge is 0.231 e. The second-order valence-electron chi connectivity index (χ2n) is 7.28. The Morgan fingerprint density at radius 1 is 1.17 bits per heavy atom. The van der Waals surface area contributed by atoms with Gasteiger partial charge in [0.25, 0.3) is 0 Å². The summed E-state index contributed by atoms with van der Waals surface area (Å²) < 4.78 is 27.9. The lowest BCUT2D eigenvalue weighted by molar-refractivity contribution is 0.170. The lowest BCUT2D eigenvalue weighted by atomic mass is 9.87. The van der Waals surface area contributed by atoms with E-state index in [9.17, 15) is 5.21 Å². The molecule has 0 unspecified atom stereocenters. The zero-order chi connectivity index (χ0) is 21.3. The highest BCUT2D eigenvalue weighted by Gasteiger charge is 2.35. The van der Waals surface area contributed by atoms with Crippen molar-refractivity contribution in [3.8, 4) is 28.7 Å². The third-order valence-electron chi connectivity index (χ3n) is 5.77. The predicted molar refractivity (Wildman–Crippen MR) is 111 cm³/mol. The van der Waals surface area contributed by atoms with E-state index in [2.05, 4.69) is 17.1 Å². The normalized spacial score (nSPS) is 18.1. The topological polar surface area (TPSA) is 82.0 Å². The monoisotopic (exact) mass is 414 g/mol. The molecule has 4 rings (SSSR count). The Morgan fingerprint density at radius 2 is 2.00 bits per heavy atom. The van der Waals surface area contributed by atoms with Crippen LogP contribution in [-0.4, -0.2) is 57.5 Å². The summed E-state index contributed by atoms with van der Waals surface area (Å²) >= 11 is 0. The molecule has 1 N–H and O–H groups in total. The fourth-order valence-corrected chi connectivity index (χ4v) is 4.21. The first-order valence-electron chi connectivity index (χ1n) is 9.74. The van der Waals surface area contributed by atoms with Crippen LogP contribution < -0.4 is 23.7 Å². The number of likely N-dealkylation sites (N-methyl/N-ethyl adjacent to an activating group) is 1. The molecule has 0 fully saturated rings. The molecule has 8 heteroatoms. The van der Waals surface area contributed by atoms with Gasteiger partial charge in [-0.2, -0.15) is 0 Å². The molecule has 2 aromatic carbocycles. The molecule has 30 heavy (non-hydrogen) atoms. The Bertz CT molecular complexity index is 975. The van der Waals surface area contributed by atoms with E-state index in [-0.39, 0.29) is 12.8 Å². The second kappa shape index (κ2) is 8.31. The molecule has 2 aliphatic rings. The van der Waals surface area contributed by atoms with E-state index in [4.69, 9.17) is 23.7 Å². The third kappa shape index (κ3) is 3.37. The maximum atomic E-state index is 9.91. The molecule has 160 valence electrons. The van der Waals surface area contributed by atoms with Crippen molar-refractivity contribution in [2.45, 2.75) is 18.9 Å². The summed E-state index contributed by atoms with van der Waals surface area (Å²) in [4.78, 5) is 2.23. The molecule has 2 heterocycles. The number of benzene rings is 2. The van der Waals surface area contributed by atoms with Crippen LogP contribution in [0.25, 0.3) is 0 Å². The van der Waals surface area contributed by atoms with Gasteiger partial charge in [0, 0.05) is 30.1 Å². The van der Waals surface area contributed by atoms with Gasteiger partial charge in [-0.25, -0.2) is 0 Å². The van der Waals surface area contributed by atoms with Crippen LogP contribution in [0.1, 0.15) is 29.2 Å². The minimum atomic E-state index is -0.0833. The van der Waals surface area contributed by atoms with Gasteiger partial charge in [-0.1, -0.05) is 5.16 Å². The summed E-state index contributed by atoms with van der Waals surface area (Å²) in [6, 6.07) is 7.37. The molecule has 0 saturated heterocycles. The van der Waals surface area contributed by atoms with E-state index < -0.39 is 0 Å². The molecule has 0 saturated carbocycles. The minimum absolute atomic E-state index is 0.0833. The number of hydrogen-bond donors (Lipinski definition) is 1. The summed E-state index contributed by atoms with van der Waals surface area (Å²) in [5.41, 5.74) is 3.35. The van der Waals surface area contributed by atoms with Crippen molar-refractivity contribution in [2.24, 2.45) is 5.16 Å². The Kier molecular flexibility index (Phi) is 5.59. The average Bonchev–Trinajstić information content (AvgIpc) is 3.25. The largest absolute Gasteiger partial charge is 0.497 e. The molecule has 0 aliphatic carbocycles. The van der Waals surface area contributed by atoms with Crippen molar-refractivity contribution >= 4 is 5.71 Å². The van der Waals surface area contributed by atoms with Crippen molar-refractivity contribution < 1.29 is 28.9 Å². The van der Waals surface area contributed by atoms with Gasteiger partial charge in [-0.05, 0) is 43.3 Å². The fraction of sp³-hybridized carbons (Fsp3) is 0.409. The first kappa shape index (κ1) is 20.2. The van der Waals surface area contributed by atoms with E-state index in [1.165, 1.54) is 0 Å². The number of oxime groups is 1. The van der Waals surface area contributed by atoms with Gasteiger partial charge in [0.2, 0.25) is 12.5 Å². The van der Waals surface area contributed by atoms with Crippen molar-refractivity contribution in [3.63, 3.8) is 0 Å². The number of fused-ring (bicyclic) bond motifs is 2. The van der Waals surface area contributed by atoms with Crippen LogP contribution in [0.3, 0.4) is 0 Å². The highest BCUT2D eigenvalue weighted by Crippen LogP contribution is 2.50.